The van der Waals surface area contributed by atoms with Gasteiger partial charge in [-0.3, -0.25) is 9.88 Å². The maximum atomic E-state index is 4.39. The van der Waals surface area contributed by atoms with Gasteiger partial charge >= 0.3 is 0 Å². The molecule has 1 N–H and O–H groups in total. The molecule has 18 heavy (non-hydrogen) atoms. The molecule has 0 bridgehead atoms. The van der Waals surface area contributed by atoms with E-state index >= 15 is 0 Å². The lowest BCUT2D eigenvalue weighted by molar-refractivity contribution is 0.270. The molecule has 0 unspecified atom stereocenters. The number of unbranched alkanes of at least 4 members (excludes halogenated alkanes) is 1. The monoisotopic (exact) mass is 247 g/mol. The van der Waals surface area contributed by atoms with Crippen LogP contribution in [-0.4, -0.2) is 35.6 Å². The van der Waals surface area contributed by atoms with Gasteiger partial charge in [0, 0.05) is 18.8 Å². The molecule has 1 aliphatic rings. The van der Waals surface area contributed by atoms with Crippen molar-refractivity contribution in [1.82, 2.24) is 15.2 Å². The van der Waals surface area contributed by atoms with Crippen LogP contribution in [0, 0.1) is 0 Å². The Bertz CT molecular complexity index is 322. The van der Waals surface area contributed by atoms with Crippen LogP contribution in [0.5, 0.6) is 0 Å². The van der Waals surface area contributed by atoms with Gasteiger partial charge in [-0.25, -0.2) is 0 Å². The minimum Gasteiger partial charge on any atom is -0.314 e. The highest BCUT2D eigenvalue weighted by molar-refractivity contribution is 5.03. The van der Waals surface area contributed by atoms with E-state index in [1.165, 1.54) is 44.5 Å². The standard InChI is InChI=1S/C15H25N3/c1-2-18(13-15-7-3-4-10-17-15)12-6-5-11-16-14-8-9-14/h3-4,7,10,14,16H,2,5-6,8-9,11-13H2,1H3. The van der Waals surface area contributed by atoms with Crippen LogP contribution in [0.25, 0.3) is 0 Å². The van der Waals surface area contributed by atoms with E-state index in [2.05, 4.69) is 34.3 Å². The molecule has 2 rings (SSSR count). The first-order valence-electron chi connectivity index (χ1n) is 7.24. The van der Waals surface area contributed by atoms with Crippen LogP contribution in [-0.2, 0) is 6.54 Å². The van der Waals surface area contributed by atoms with Gasteiger partial charge in [0.15, 0.2) is 0 Å². The highest BCUT2D eigenvalue weighted by Crippen LogP contribution is 2.18. The molecule has 0 radical (unpaired) electrons. The molecule has 1 fully saturated rings. The van der Waals surface area contributed by atoms with Crippen molar-refractivity contribution in [3.63, 3.8) is 0 Å². The van der Waals surface area contributed by atoms with Gasteiger partial charge in [0.25, 0.3) is 0 Å². The van der Waals surface area contributed by atoms with Crippen LogP contribution >= 0.6 is 0 Å². The molecule has 1 aromatic rings. The summed E-state index contributed by atoms with van der Waals surface area (Å²) in [6.45, 7) is 6.68. The second-order valence-electron chi connectivity index (χ2n) is 5.13. The number of pyridine rings is 1. The first-order chi connectivity index (χ1) is 8.88. The highest BCUT2D eigenvalue weighted by atomic mass is 15.1. The van der Waals surface area contributed by atoms with Gasteiger partial charge in [0.2, 0.25) is 0 Å². The quantitative estimate of drug-likeness (QED) is 0.679. The second kappa shape index (κ2) is 7.49. The van der Waals surface area contributed by atoms with Gasteiger partial charge in [0.05, 0.1) is 5.69 Å². The number of nitrogens with zero attached hydrogens (tertiary/aromatic N) is 2. The van der Waals surface area contributed by atoms with Crippen LogP contribution < -0.4 is 5.32 Å². The summed E-state index contributed by atoms with van der Waals surface area (Å²) in [5, 5.41) is 3.57. The van der Waals surface area contributed by atoms with Crippen molar-refractivity contribution in [1.29, 1.82) is 0 Å². The summed E-state index contributed by atoms with van der Waals surface area (Å²) in [6, 6.07) is 7.00. The Morgan fingerprint density at radius 2 is 2.22 bits per heavy atom. The SMILES string of the molecule is CCN(CCCCNC1CC1)Cc1ccccn1. The third-order valence-electron chi connectivity index (χ3n) is 3.47. The van der Waals surface area contributed by atoms with Crippen molar-refractivity contribution in [3.8, 4) is 0 Å². The van der Waals surface area contributed by atoms with Gasteiger partial charge in [-0.05, 0) is 57.5 Å². The van der Waals surface area contributed by atoms with Crippen molar-refractivity contribution in [3.05, 3.63) is 30.1 Å². The largest absolute Gasteiger partial charge is 0.314 e. The molecule has 0 saturated heterocycles. The lowest BCUT2D eigenvalue weighted by Crippen LogP contribution is -2.25. The zero-order valence-corrected chi connectivity index (χ0v) is 11.4. The Kier molecular flexibility index (Phi) is 5.62. The first-order valence-corrected chi connectivity index (χ1v) is 7.24. The molecule has 1 heterocycles. The molecule has 1 aliphatic carbocycles. The van der Waals surface area contributed by atoms with Crippen molar-refractivity contribution in [2.75, 3.05) is 19.6 Å². The molecule has 1 aromatic heterocycles. The van der Waals surface area contributed by atoms with Gasteiger partial charge in [-0.2, -0.15) is 0 Å². The van der Waals surface area contributed by atoms with Crippen molar-refractivity contribution < 1.29 is 0 Å². The number of nitrogens with one attached hydrogen (secondary N) is 1. The lowest BCUT2D eigenvalue weighted by atomic mass is 10.2. The summed E-state index contributed by atoms with van der Waals surface area (Å²) < 4.78 is 0. The zero-order chi connectivity index (χ0) is 12.6. The summed E-state index contributed by atoms with van der Waals surface area (Å²) in [4.78, 5) is 6.86. The molecule has 100 valence electrons. The van der Waals surface area contributed by atoms with Crippen molar-refractivity contribution in [2.24, 2.45) is 0 Å². The Balaban J connectivity index is 1.59. The van der Waals surface area contributed by atoms with Crippen molar-refractivity contribution >= 4 is 0 Å². The van der Waals surface area contributed by atoms with Crippen LogP contribution in [0.2, 0.25) is 0 Å². The average molecular weight is 247 g/mol. The van der Waals surface area contributed by atoms with Crippen LogP contribution in [0.15, 0.2) is 24.4 Å². The second-order valence-corrected chi connectivity index (χ2v) is 5.13. The molecule has 0 spiro atoms. The fraction of sp³-hybridized carbons (Fsp3) is 0.667. The van der Waals surface area contributed by atoms with E-state index in [4.69, 9.17) is 0 Å². The molecule has 0 aromatic carbocycles. The fourth-order valence-corrected chi connectivity index (χ4v) is 2.12. The smallest absolute Gasteiger partial charge is 0.0543 e. The maximum absolute atomic E-state index is 4.39. The van der Waals surface area contributed by atoms with Crippen molar-refractivity contribution in [2.45, 2.75) is 45.2 Å². The zero-order valence-electron chi connectivity index (χ0n) is 11.4. The summed E-state index contributed by atoms with van der Waals surface area (Å²) in [5.41, 5.74) is 1.18. The number of hydrogen-bond donors (Lipinski definition) is 1. The third-order valence-corrected chi connectivity index (χ3v) is 3.47. The van der Waals surface area contributed by atoms with E-state index in [-0.39, 0.29) is 0 Å². The van der Waals surface area contributed by atoms with Crippen LogP contribution in [0.1, 0.15) is 38.3 Å². The lowest BCUT2D eigenvalue weighted by Gasteiger charge is -2.19. The van der Waals surface area contributed by atoms with E-state index in [0.29, 0.717) is 0 Å². The van der Waals surface area contributed by atoms with E-state index in [1.54, 1.807) is 0 Å². The predicted octanol–water partition coefficient (Wildman–Crippen LogP) is 2.44. The topological polar surface area (TPSA) is 28.2 Å². The first kappa shape index (κ1) is 13.5. The summed E-state index contributed by atoms with van der Waals surface area (Å²) in [7, 11) is 0. The molecular formula is C15H25N3. The van der Waals surface area contributed by atoms with Gasteiger partial charge < -0.3 is 5.32 Å². The highest BCUT2D eigenvalue weighted by Gasteiger charge is 2.19. The normalized spacial score (nSPS) is 15.2. The van der Waals surface area contributed by atoms with E-state index in [1.807, 2.05) is 12.3 Å². The molecule has 0 aliphatic heterocycles. The Morgan fingerprint density at radius 1 is 1.33 bits per heavy atom. The molecule has 0 atom stereocenters. The number of aromatic nitrogens is 1. The minimum atomic E-state index is 0.848. The average Bonchev–Trinajstić information content (AvgIpc) is 3.22. The Hall–Kier alpha value is -0.930. The van der Waals surface area contributed by atoms with Gasteiger partial charge in [0.1, 0.15) is 0 Å². The third kappa shape index (κ3) is 5.15. The molecule has 3 heteroatoms. The Morgan fingerprint density at radius 3 is 2.89 bits per heavy atom. The molecule has 1 saturated carbocycles. The number of rotatable bonds is 9. The van der Waals surface area contributed by atoms with E-state index in [9.17, 15) is 0 Å². The summed E-state index contributed by atoms with van der Waals surface area (Å²) in [6.07, 6.45) is 7.22. The van der Waals surface area contributed by atoms with Gasteiger partial charge in [-0.15, -0.1) is 0 Å². The molecular weight excluding hydrogens is 222 g/mol. The van der Waals surface area contributed by atoms with Crippen LogP contribution in [0.4, 0.5) is 0 Å². The minimum absolute atomic E-state index is 0.848. The summed E-state index contributed by atoms with van der Waals surface area (Å²) in [5.74, 6) is 0. The predicted molar refractivity (Wildman–Crippen MR) is 75.4 cm³/mol. The number of hydrogen-bond acceptors (Lipinski definition) is 3. The fourth-order valence-electron chi connectivity index (χ4n) is 2.12. The van der Waals surface area contributed by atoms with E-state index in [0.717, 1.165) is 19.1 Å². The Labute approximate surface area is 111 Å². The maximum Gasteiger partial charge on any atom is 0.0543 e. The van der Waals surface area contributed by atoms with E-state index < -0.39 is 0 Å². The van der Waals surface area contributed by atoms with Crippen LogP contribution in [0.3, 0.4) is 0 Å². The summed E-state index contributed by atoms with van der Waals surface area (Å²) >= 11 is 0. The molecule has 0 amide bonds. The van der Waals surface area contributed by atoms with Gasteiger partial charge in [-0.1, -0.05) is 13.0 Å². The molecule has 3 nitrogen and oxygen atoms in total.